The van der Waals surface area contributed by atoms with E-state index in [1.165, 1.54) is 13.3 Å². The number of fused-ring (bicyclic) bond motifs is 1. The average molecular weight is 606 g/mol. The van der Waals surface area contributed by atoms with Crippen molar-refractivity contribution in [3.63, 3.8) is 0 Å². The van der Waals surface area contributed by atoms with Crippen LogP contribution in [0.5, 0.6) is 0 Å². The summed E-state index contributed by atoms with van der Waals surface area (Å²) < 4.78 is 8.02. The molecule has 7 nitrogen and oxygen atoms in total. The predicted octanol–water partition coefficient (Wildman–Crippen LogP) is 4.39. The van der Waals surface area contributed by atoms with Crippen LogP contribution in [0.1, 0.15) is 37.7 Å². The van der Waals surface area contributed by atoms with E-state index < -0.39 is 12.4 Å². The summed E-state index contributed by atoms with van der Waals surface area (Å²) >= 11 is 12.0. The number of rotatable bonds is 3. The number of hydrogen-bond acceptors (Lipinski definition) is 6. The van der Waals surface area contributed by atoms with Gasteiger partial charge < -0.3 is 24.6 Å². The van der Waals surface area contributed by atoms with Crippen molar-refractivity contribution >= 4 is 34.2 Å². The molecule has 29 heavy (non-hydrogen) atoms. The third-order valence-electron chi connectivity index (χ3n) is 4.36. The zero-order chi connectivity index (χ0) is 20.3. The van der Waals surface area contributed by atoms with E-state index in [2.05, 4.69) is 9.97 Å². The van der Waals surface area contributed by atoms with Crippen LogP contribution in [-0.2, 0) is 27.1 Å². The van der Waals surface area contributed by atoms with Crippen LogP contribution >= 0.6 is 23.2 Å². The molecular formula is C19H20Cl2N3O4Ta-. The minimum Gasteiger partial charge on any atom is -0.536 e. The Labute approximate surface area is 193 Å². The number of nitrogens with zero attached hydrogens (tertiary/aromatic N) is 3. The molecule has 0 spiro atoms. The number of hydrogen-bond donors (Lipinski definition) is 3. The normalized spacial score (nSPS) is 19.6. The summed E-state index contributed by atoms with van der Waals surface area (Å²) in [4.78, 5) is 8.28. The van der Waals surface area contributed by atoms with Gasteiger partial charge >= 0.3 is 0 Å². The zero-order valence-electron chi connectivity index (χ0n) is 15.5. The number of halogens is 2. The fraction of sp³-hybridized carbons (Fsp3) is 0.316. The Morgan fingerprint density at radius 3 is 2.45 bits per heavy atom. The van der Waals surface area contributed by atoms with Crippen LogP contribution < -0.4 is 0 Å². The van der Waals surface area contributed by atoms with E-state index in [9.17, 15) is 5.11 Å². The van der Waals surface area contributed by atoms with Gasteiger partial charge in [0.15, 0.2) is 0 Å². The number of ether oxygens (including phenoxy) is 1. The standard InChI is InChI=1S/C17H15Cl2N3O2.C2H5O2.Ta/c18-11-3-1-10(2-4-11)15(23)13-5-6-14(24-13)22-8-7-12-16(19)20-9-21-17(12)22;1-2(3)4;/h1-4,7-9,13-15,23H,5-6H2;3-4H,1H3;/q;-1;. The SMILES string of the molecule is C[C-](O)O.OC(c1ccc(Cl)cc1)C1CCC(n2ccc3c(Cl)ncnc32)O1.[Ta]. The Kier molecular flexibility index (Phi) is 9.09. The van der Waals surface area contributed by atoms with Gasteiger partial charge in [0.05, 0.1) is 11.5 Å². The van der Waals surface area contributed by atoms with Crippen LogP contribution in [0.4, 0.5) is 0 Å². The summed E-state index contributed by atoms with van der Waals surface area (Å²) in [5, 5.41) is 27.5. The second-order valence-electron chi connectivity index (χ2n) is 6.37. The molecule has 1 aromatic carbocycles. The maximum Gasteiger partial charge on any atom is 0.146 e. The smallest absolute Gasteiger partial charge is 0.146 e. The number of aromatic nitrogens is 3. The molecule has 10 heteroatoms. The minimum absolute atomic E-state index is 0. The molecule has 1 fully saturated rings. The molecule has 1 aliphatic heterocycles. The Bertz CT molecular complexity index is 921. The first kappa shape index (κ1) is 24.3. The molecule has 3 atom stereocenters. The van der Waals surface area contributed by atoms with E-state index in [4.69, 9.17) is 38.2 Å². The van der Waals surface area contributed by atoms with Crippen LogP contribution in [0.3, 0.4) is 0 Å². The molecule has 1 aliphatic rings. The number of benzene rings is 1. The van der Waals surface area contributed by atoms with Gasteiger partial charge in [-0.2, -0.15) is 0 Å². The Balaban J connectivity index is 0.000000552. The molecule has 1 saturated heterocycles. The second-order valence-corrected chi connectivity index (χ2v) is 7.17. The molecule has 0 amide bonds. The van der Waals surface area contributed by atoms with Crippen molar-refractivity contribution in [2.24, 2.45) is 0 Å². The fourth-order valence-corrected chi connectivity index (χ4v) is 3.45. The van der Waals surface area contributed by atoms with Gasteiger partial charge in [-0.15, -0.1) is 6.92 Å². The summed E-state index contributed by atoms with van der Waals surface area (Å²) in [5.41, 5.74) is 1.54. The van der Waals surface area contributed by atoms with Crippen molar-refractivity contribution < 1.29 is 42.4 Å². The molecule has 0 saturated carbocycles. The van der Waals surface area contributed by atoms with Gasteiger partial charge in [0, 0.05) is 33.6 Å². The molecular weight excluding hydrogens is 586 g/mol. The van der Waals surface area contributed by atoms with E-state index in [-0.39, 0.29) is 34.7 Å². The topological polar surface area (TPSA) is 101 Å². The first-order chi connectivity index (χ1) is 13.4. The van der Waals surface area contributed by atoms with Gasteiger partial charge in [-0.05, 0) is 36.6 Å². The molecule has 3 N–H and O–H groups in total. The molecule has 3 heterocycles. The predicted molar refractivity (Wildman–Crippen MR) is 105 cm³/mol. The van der Waals surface area contributed by atoms with Crippen LogP contribution in [0.2, 0.25) is 10.2 Å². The first-order valence-corrected chi connectivity index (χ1v) is 9.40. The summed E-state index contributed by atoms with van der Waals surface area (Å²) in [6.07, 6.45) is 3.16. The summed E-state index contributed by atoms with van der Waals surface area (Å²) in [7, 11) is 0. The molecule has 1 radical (unpaired) electrons. The van der Waals surface area contributed by atoms with Gasteiger partial charge in [-0.25, -0.2) is 9.97 Å². The Hall–Kier alpha value is -1.000. The van der Waals surface area contributed by atoms with E-state index in [1.54, 1.807) is 12.1 Å². The fourth-order valence-electron chi connectivity index (χ4n) is 3.13. The average Bonchev–Trinajstić information content (AvgIpc) is 3.29. The van der Waals surface area contributed by atoms with E-state index in [0.29, 0.717) is 10.2 Å². The zero-order valence-corrected chi connectivity index (χ0v) is 20.2. The molecule has 3 aromatic rings. The minimum atomic E-state index is -0.688. The molecule has 4 rings (SSSR count). The van der Waals surface area contributed by atoms with Crippen molar-refractivity contribution in [1.29, 1.82) is 0 Å². The number of aliphatic hydroxyl groups excluding tert-OH is 2. The maximum atomic E-state index is 10.6. The van der Waals surface area contributed by atoms with Gasteiger partial charge in [-0.1, -0.05) is 41.6 Å². The van der Waals surface area contributed by atoms with Gasteiger partial charge in [0.1, 0.15) is 29.5 Å². The van der Waals surface area contributed by atoms with Crippen LogP contribution in [0.15, 0.2) is 42.9 Å². The Morgan fingerprint density at radius 2 is 1.79 bits per heavy atom. The van der Waals surface area contributed by atoms with E-state index in [1.807, 2.05) is 29.0 Å². The quantitative estimate of drug-likeness (QED) is 0.303. The van der Waals surface area contributed by atoms with Gasteiger partial charge in [-0.3, -0.25) is 0 Å². The van der Waals surface area contributed by atoms with Gasteiger partial charge in [0.25, 0.3) is 0 Å². The third kappa shape index (κ3) is 6.01. The summed E-state index contributed by atoms with van der Waals surface area (Å²) in [5.74, 6) is 0. The summed E-state index contributed by atoms with van der Waals surface area (Å²) in [6.45, 7) is 1.19. The van der Waals surface area contributed by atoms with Crippen molar-refractivity contribution in [3.05, 3.63) is 64.9 Å². The van der Waals surface area contributed by atoms with Crippen molar-refractivity contribution in [2.45, 2.75) is 38.2 Å². The number of aliphatic hydroxyl groups is 3. The van der Waals surface area contributed by atoms with Crippen LogP contribution in [0.25, 0.3) is 11.0 Å². The van der Waals surface area contributed by atoms with Crippen molar-refractivity contribution in [2.75, 3.05) is 0 Å². The first-order valence-electron chi connectivity index (χ1n) is 8.64. The van der Waals surface area contributed by atoms with Gasteiger partial charge in [0.2, 0.25) is 0 Å². The molecule has 155 valence electrons. The van der Waals surface area contributed by atoms with Crippen LogP contribution in [-0.4, -0.2) is 36.0 Å². The summed E-state index contributed by atoms with van der Waals surface area (Å²) in [6, 6.07) is 9.06. The second kappa shape index (κ2) is 10.9. The monoisotopic (exact) mass is 605 g/mol. The molecule has 0 bridgehead atoms. The van der Waals surface area contributed by atoms with E-state index in [0.717, 1.165) is 29.4 Å². The Morgan fingerprint density at radius 1 is 1.14 bits per heavy atom. The molecule has 0 aliphatic carbocycles. The largest absolute Gasteiger partial charge is 0.536 e. The molecule has 2 aromatic heterocycles. The van der Waals surface area contributed by atoms with Crippen molar-refractivity contribution in [1.82, 2.24) is 14.5 Å². The van der Waals surface area contributed by atoms with Crippen LogP contribution in [0, 0.1) is 6.29 Å². The maximum absolute atomic E-state index is 10.6. The molecule has 3 unspecified atom stereocenters. The third-order valence-corrected chi connectivity index (χ3v) is 4.92. The van der Waals surface area contributed by atoms with Crippen molar-refractivity contribution in [3.8, 4) is 0 Å². The van der Waals surface area contributed by atoms with E-state index >= 15 is 0 Å².